The zero-order valence-electron chi connectivity index (χ0n) is 9.60. The van der Waals surface area contributed by atoms with Gasteiger partial charge in [-0.3, -0.25) is 9.69 Å². The molecule has 0 spiro atoms. The fourth-order valence-electron chi connectivity index (χ4n) is 2.04. The third-order valence-corrected chi connectivity index (χ3v) is 4.17. The molecule has 1 N–H and O–H groups in total. The Labute approximate surface area is 114 Å². The number of nitrogens with zero attached hydrogens (tertiary/aromatic N) is 1. The first-order valence-corrected chi connectivity index (χ1v) is 7.12. The van der Waals surface area contributed by atoms with Gasteiger partial charge in [-0.1, -0.05) is 17.7 Å². The van der Waals surface area contributed by atoms with Gasteiger partial charge < -0.3 is 5.11 Å². The summed E-state index contributed by atoms with van der Waals surface area (Å²) < 4.78 is 13.0. The zero-order chi connectivity index (χ0) is 13.1. The molecule has 0 amide bonds. The molecule has 6 heteroatoms. The third-order valence-electron chi connectivity index (χ3n) is 2.90. The number of carbonyl (C=O) groups is 1. The predicted octanol–water partition coefficient (Wildman–Crippen LogP) is 2.65. The molecule has 0 aromatic heterocycles. The van der Waals surface area contributed by atoms with Gasteiger partial charge in [0, 0.05) is 29.6 Å². The summed E-state index contributed by atoms with van der Waals surface area (Å²) in [5, 5.41) is 9.54. The second-order valence-corrected chi connectivity index (χ2v) is 5.69. The molecule has 0 aliphatic carbocycles. The van der Waals surface area contributed by atoms with Crippen LogP contribution in [0.1, 0.15) is 11.6 Å². The monoisotopic (exact) mass is 289 g/mol. The lowest BCUT2D eigenvalue weighted by Gasteiger charge is -2.32. The van der Waals surface area contributed by atoms with Gasteiger partial charge in [-0.15, -0.1) is 0 Å². The van der Waals surface area contributed by atoms with Gasteiger partial charge in [-0.25, -0.2) is 4.39 Å². The summed E-state index contributed by atoms with van der Waals surface area (Å²) >= 11 is 7.75. The van der Waals surface area contributed by atoms with Crippen LogP contribution < -0.4 is 0 Å². The van der Waals surface area contributed by atoms with Crippen LogP contribution in [0.15, 0.2) is 18.2 Å². The van der Waals surface area contributed by atoms with Crippen molar-refractivity contribution in [1.82, 2.24) is 4.90 Å². The summed E-state index contributed by atoms with van der Waals surface area (Å²) in [4.78, 5) is 13.3. The van der Waals surface area contributed by atoms with E-state index in [1.54, 1.807) is 11.8 Å². The number of rotatable bonds is 3. The van der Waals surface area contributed by atoms with Gasteiger partial charge in [0.15, 0.2) is 0 Å². The number of hydrogen-bond donors (Lipinski definition) is 1. The fraction of sp³-hybridized carbons (Fsp3) is 0.417. The number of halogens is 2. The highest BCUT2D eigenvalue weighted by molar-refractivity contribution is 7.99. The molecule has 0 saturated carbocycles. The first-order chi connectivity index (χ1) is 8.59. The predicted molar refractivity (Wildman–Crippen MR) is 70.7 cm³/mol. The van der Waals surface area contributed by atoms with Crippen LogP contribution in [0.4, 0.5) is 4.39 Å². The normalized spacial score (nSPS) is 18.6. The van der Waals surface area contributed by atoms with Crippen molar-refractivity contribution in [2.24, 2.45) is 0 Å². The lowest BCUT2D eigenvalue weighted by molar-refractivity contribution is -0.143. The molecule has 3 nitrogen and oxygen atoms in total. The van der Waals surface area contributed by atoms with Gasteiger partial charge in [-0.05, 0) is 17.7 Å². The number of carboxylic acid groups (broad SMARTS) is 1. The second-order valence-electron chi connectivity index (χ2n) is 4.05. The Morgan fingerprint density at radius 3 is 2.67 bits per heavy atom. The fourth-order valence-corrected chi connectivity index (χ4v) is 3.25. The molecule has 18 heavy (non-hydrogen) atoms. The van der Waals surface area contributed by atoms with Crippen LogP contribution in [0, 0.1) is 5.82 Å². The molecule has 1 unspecified atom stereocenters. The third kappa shape index (κ3) is 2.96. The van der Waals surface area contributed by atoms with Crippen molar-refractivity contribution in [3.8, 4) is 0 Å². The Bertz CT molecular complexity index is 452. The van der Waals surface area contributed by atoms with Gasteiger partial charge in [0.1, 0.15) is 11.9 Å². The molecule has 1 aromatic rings. The topological polar surface area (TPSA) is 40.5 Å². The van der Waals surface area contributed by atoms with Gasteiger partial charge in [0.25, 0.3) is 0 Å². The highest BCUT2D eigenvalue weighted by Crippen LogP contribution is 2.30. The second kappa shape index (κ2) is 5.91. The van der Waals surface area contributed by atoms with E-state index >= 15 is 0 Å². The van der Waals surface area contributed by atoms with Crippen molar-refractivity contribution < 1.29 is 14.3 Å². The van der Waals surface area contributed by atoms with Crippen molar-refractivity contribution in [1.29, 1.82) is 0 Å². The van der Waals surface area contributed by atoms with E-state index in [9.17, 15) is 14.3 Å². The Morgan fingerprint density at radius 2 is 2.11 bits per heavy atom. The van der Waals surface area contributed by atoms with E-state index in [4.69, 9.17) is 11.6 Å². The first kappa shape index (κ1) is 13.6. The van der Waals surface area contributed by atoms with Crippen LogP contribution in [0.25, 0.3) is 0 Å². The Balaban J connectivity index is 2.31. The lowest BCUT2D eigenvalue weighted by atomic mass is 10.0. The lowest BCUT2D eigenvalue weighted by Crippen LogP contribution is -2.39. The van der Waals surface area contributed by atoms with Crippen molar-refractivity contribution in [2.45, 2.75) is 6.04 Å². The van der Waals surface area contributed by atoms with E-state index in [0.29, 0.717) is 18.7 Å². The van der Waals surface area contributed by atoms with Gasteiger partial charge >= 0.3 is 5.97 Å². The SMILES string of the molecule is O=C(O)C(c1ccc(F)cc1Cl)N1CCSCC1. The largest absolute Gasteiger partial charge is 0.480 e. The number of benzene rings is 1. The molecule has 0 bridgehead atoms. The van der Waals surface area contributed by atoms with Crippen molar-refractivity contribution in [2.75, 3.05) is 24.6 Å². The molecule has 1 atom stereocenters. The summed E-state index contributed by atoms with van der Waals surface area (Å²) in [5.74, 6) is 0.406. The molecule has 0 radical (unpaired) electrons. The number of carboxylic acids is 1. The van der Waals surface area contributed by atoms with Crippen LogP contribution in [0.5, 0.6) is 0 Å². The molecule has 1 saturated heterocycles. The molecule has 2 rings (SSSR count). The van der Waals surface area contributed by atoms with E-state index < -0.39 is 17.8 Å². The maximum Gasteiger partial charge on any atom is 0.325 e. The molecular weight excluding hydrogens is 277 g/mol. The zero-order valence-corrected chi connectivity index (χ0v) is 11.2. The number of hydrogen-bond acceptors (Lipinski definition) is 3. The van der Waals surface area contributed by atoms with Crippen molar-refractivity contribution in [3.63, 3.8) is 0 Å². The van der Waals surface area contributed by atoms with Crippen LogP contribution >= 0.6 is 23.4 Å². The minimum Gasteiger partial charge on any atom is -0.480 e. The highest BCUT2D eigenvalue weighted by Gasteiger charge is 2.30. The van der Waals surface area contributed by atoms with E-state index in [-0.39, 0.29) is 5.02 Å². The summed E-state index contributed by atoms with van der Waals surface area (Å²) in [5.41, 5.74) is 0.456. The smallest absolute Gasteiger partial charge is 0.325 e. The number of thioether (sulfide) groups is 1. The first-order valence-electron chi connectivity index (χ1n) is 5.59. The summed E-state index contributed by atoms with van der Waals surface area (Å²) in [6, 6.07) is 3.07. The van der Waals surface area contributed by atoms with E-state index in [2.05, 4.69) is 0 Å². The van der Waals surface area contributed by atoms with Gasteiger partial charge in [0.05, 0.1) is 0 Å². The van der Waals surface area contributed by atoms with E-state index in [0.717, 1.165) is 17.6 Å². The average molecular weight is 290 g/mol. The molecular formula is C12H13ClFNO2S. The Kier molecular flexibility index (Phi) is 4.48. The Morgan fingerprint density at radius 1 is 1.44 bits per heavy atom. The summed E-state index contributed by atoms with van der Waals surface area (Å²) in [7, 11) is 0. The minimum atomic E-state index is -0.949. The van der Waals surface area contributed by atoms with Crippen molar-refractivity contribution >= 4 is 29.3 Å². The highest BCUT2D eigenvalue weighted by atomic mass is 35.5. The van der Waals surface area contributed by atoms with E-state index in [1.165, 1.54) is 12.1 Å². The van der Waals surface area contributed by atoms with Gasteiger partial charge in [0.2, 0.25) is 0 Å². The molecule has 98 valence electrons. The average Bonchev–Trinajstić information content (AvgIpc) is 2.33. The van der Waals surface area contributed by atoms with Crippen molar-refractivity contribution in [3.05, 3.63) is 34.6 Å². The molecule has 1 aliphatic heterocycles. The quantitative estimate of drug-likeness (QED) is 0.929. The molecule has 1 aromatic carbocycles. The molecule has 1 fully saturated rings. The molecule has 1 heterocycles. The standard InChI is InChI=1S/C12H13ClFNO2S/c13-10-7-8(14)1-2-9(10)11(12(16)17)15-3-5-18-6-4-15/h1-2,7,11H,3-6H2,(H,16,17). The van der Waals surface area contributed by atoms with Crippen LogP contribution in [-0.4, -0.2) is 40.6 Å². The maximum atomic E-state index is 13.0. The summed E-state index contributed by atoms with van der Waals surface area (Å²) in [6.45, 7) is 1.41. The Hall–Kier alpha value is -0.780. The maximum absolute atomic E-state index is 13.0. The van der Waals surface area contributed by atoms with Crippen LogP contribution in [-0.2, 0) is 4.79 Å². The van der Waals surface area contributed by atoms with Crippen LogP contribution in [0.2, 0.25) is 5.02 Å². The minimum absolute atomic E-state index is 0.167. The summed E-state index contributed by atoms with van der Waals surface area (Å²) in [6.07, 6.45) is 0. The van der Waals surface area contributed by atoms with E-state index in [1.807, 2.05) is 4.90 Å². The molecule has 1 aliphatic rings. The number of aliphatic carboxylic acids is 1. The van der Waals surface area contributed by atoms with Crippen LogP contribution in [0.3, 0.4) is 0 Å². The van der Waals surface area contributed by atoms with Gasteiger partial charge in [-0.2, -0.15) is 11.8 Å².